The molecule has 35 heavy (non-hydrogen) atoms. The molecule has 0 aliphatic carbocycles. The SMILES string of the molecule is COc1ccc(C(=O)c2cc3c(cc2NC(=O)c2cc(OC)c(OC)c(OC)c2)OCCO3)cc1. The number of amides is 1. The summed E-state index contributed by atoms with van der Waals surface area (Å²) in [6.07, 6.45) is 0. The van der Waals surface area contributed by atoms with E-state index in [-0.39, 0.29) is 22.6 Å². The molecule has 9 nitrogen and oxygen atoms in total. The van der Waals surface area contributed by atoms with Gasteiger partial charge in [0.25, 0.3) is 5.91 Å². The van der Waals surface area contributed by atoms with Crippen LogP contribution in [-0.4, -0.2) is 53.3 Å². The molecule has 1 amide bonds. The number of hydrogen-bond donors (Lipinski definition) is 1. The minimum absolute atomic E-state index is 0.247. The maximum atomic E-state index is 13.4. The maximum Gasteiger partial charge on any atom is 0.255 e. The largest absolute Gasteiger partial charge is 0.497 e. The van der Waals surface area contributed by atoms with Crippen molar-refractivity contribution in [1.82, 2.24) is 0 Å². The third-order valence-electron chi connectivity index (χ3n) is 5.45. The van der Waals surface area contributed by atoms with E-state index in [1.165, 1.54) is 33.5 Å². The standard InChI is InChI=1S/C26H25NO8/c1-30-17-7-5-15(6-8-17)24(28)18-13-20-21(35-10-9-34-20)14-19(18)27-26(29)16-11-22(31-2)25(33-4)23(12-16)32-3/h5-8,11-14H,9-10H2,1-4H3,(H,27,29). The second-order valence-electron chi connectivity index (χ2n) is 7.47. The van der Waals surface area contributed by atoms with Crippen molar-refractivity contribution < 1.29 is 38.0 Å². The molecule has 182 valence electrons. The first-order valence-corrected chi connectivity index (χ1v) is 10.7. The number of nitrogens with one attached hydrogen (secondary N) is 1. The van der Waals surface area contributed by atoms with E-state index >= 15 is 0 Å². The zero-order valence-corrected chi connectivity index (χ0v) is 19.8. The van der Waals surface area contributed by atoms with Crippen LogP contribution < -0.4 is 33.7 Å². The predicted octanol–water partition coefficient (Wildman–Crippen LogP) is 3.98. The maximum absolute atomic E-state index is 13.4. The number of carbonyl (C=O) groups excluding carboxylic acids is 2. The Kier molecular flexibility index (Phi) is 6.96. The number of rotatable bonds is 8. The van der Waals surface area contributed by atoms with Gasteiger partial charge in [-0.05, 0) is 42.5 Å². The number of ether oxygens (including phenoxy) is 6. The molecule has 0 saturated carbocycles. The van der Waals surface area contributed by atoms with Gasteiger partial charge in [-0.2, -0.15) is 0 Å². The summed E-state index contributed by atoms with van der Waals surface area (Å²) in [5.74, 6) is 1.72. The van der Waals surface area contributed by atoms with Crippen LogP contribution in [0.25, 0.3) is 0 Å². The van der Waals surface area contributed by atoms with Gasteiger partial charge in [0.05, 0.1) is 39.7 Å². The van der Waals surface area contributed by atoms with Crippen LogP contribution in [0.3, 0.4) is 0 Å². The van der Waals surface area contributed by atoms with E-state index in [1.54, 1.807) is 43.5 Å². The second-order valence-corrected chi connectivity index (χ2v) is 7.47. The van der Waals surface area contributed by atoms with Crippen molar-refractivity contribution in [1.29, 1.82) is 0 Å². The molecule has 9 heteroatoms. The number of hydrogen-bond acceptors (Lipinski definition) is 8. The summed E-state index contributed by atoms with van der Waals surface area (Å²) in [4.78, 5) is 26.7. The fourth-order valence-electron chi connectivity index (χ4n) is 3.68. The lowest BCUT2D eigenvalue weighted by atomic mass is 10.00. The third-order valence-corrected chi connectivity index (χ3v) is 5.45. The van der Waals surface area contributed by atoms with Crippen molar-refractivity contribution in [3.8, 4) is 34.5 Å². The zero-order chi connectivity index (χ0) is 24.9. The number of methoxy groups -OCH3 is 4. The Balaban J connectivity index is 1.73. The highest BCUT2D eigenvalue weighted by atomic mass is 16.6. The van der Waals surface area contributed by atoms with Gasteiger partial charge in [-0.1, -0.05) is 0 Å². The van der Waals surface area contributed by atoms with E-state index in [9.17, 15) is 9.59 Å². The second kappa shape index (κ2) is 10.3. The minimum atomic E-state index is -0.482. The quantitative estimate of drug-likeness (QED) is 0.484. The molecule has 0 saturated heterocycles. The first-order valence-electron chi connectivity index (χ1n) is 10.7. The number of ketones is 1. The van der Waals surface area contributed by atoms with Gasteiger partial charge in [0.15, 0.2) is 28.8 Å². The lowest BCUT2D eigenvalue weighted by molar-refractivity contribution is 0.102. The summed E-state index contributed by atoms with van der Waals surface area (Å²) in [6.45, 7) is 0.722. The van der Waals surface area contributed by atoms with Crippen LogP contribution in [-0.2, 0) is 0 Å². The molecule has 1 aliphatic heterocycles. The van der Waals surface area contributed by atoms with E-state index in [0.717, 1.165) is 0 Å². The zero-order valence-electron chi connectivity index (χ0n) is 19.8. The van der Waals surface area contributed by atoms with Crippen LogP contribution in [0.2, 0.25) is 0 Å². The molecule has 0 bridgehead atoms. The Morgan fingerprint density at radius 2 is 1.34 bits per heavy atom. The predicted molar refractivity (Wildman–Crippen MR) is 128 cm³/mol. The molecule has 1 heterocycles. The van der Waals surface area contributed by atoms with Gasteiger partial charge >= 0.3 is 0 Å². The Morgan fingerprint density at radius 3 is 1.89 bits per heavy atom. The first-order chi connectivity index (χ1) is 17.0. The van der Waals surface area contributed by atoms with Gasteiger partial charge in [-0.3, -0.25) is 9.59 Å². The third kappa shape index (κ3) is 4.79. The summed E-state index contributed by atoms with van der Waals surface area (Å²) in [5.41, 5.74) is 1.19. The summed E-state index contributed by atoms with van der Waals surface area (Å²) >= 11 is 0. The van der Waals surface area contributed by atoms with Crippen LogP contribution in [0.5, 0.6) is 34.5 Å². The van der Waals surface area contributed by atoms with E-state index in [2.05, 4.69) is 5.32 Å². The molecule has 0 atom stereocenters. The monoisotopic (exact) mass is 479 g/mol. The molecule has 0 fully saturated rings. The summed E-state index contributed by atoms with van der Waals surface area (Å²) < 4.78 is 32.5. The molecule has 1 N–H and O–H groups in total. The van der Waals surface area contributed by atoms with Crippen LogP contribution in [0.15, 0.2) is 48.5 Å². The minimum Gasteiger partial charge on any atom is -0.497 e. The Bertz CT molecular complexity index is 1230. The molecule has 0 unspecified atom stereocenters. The van der Waals surface area contributed by atoms with E-state index in [0.29, 0.717) is 53.3 Å². The van der Waals surface area contributed by atoms with Crippen molar-refractivity contribution in [3.63, 3.8) is 0 Å². The molecule has 3 aromatic carbocycles. The van der Waals surface area contributed by atoms with Gasteiger partial charge < -0.3 is 33.7 Å². The van der Waals surface area contributed by atoms with Crippen molar-refractivity contribution in [2.24, 2.45) is 0 Å². The van der Waals surface area contributed by atoms with Crippen molar-refractivity contribution in [3.05, 3.63) is 65.2 Å². The summed E-state index contributed by atoms with van der Waals surface area (Å²) in [7, 11) is 5.96. The highest BCUT2D eigenvalue weighted by Gasteiger charge is 2.24. The number of benzene rings is 3. The van der Waals surface area contributed by atoms with Crippen LogP contribution in [0.1, 0.15) is 26.3 Å². The van der Waals surface area contributed by atoms with E-state index in [1.807, 2.05) is 0 Å². The van der Waals surface area contributed by atoms with Crippen LogP contribution >= 0.6 is 0 Å². The van der Waals surface area contributed by atoms with Crippen molar-refractivity contribution in [2.75, 3.05) is 47.0 Å². The lowest BCUT2D eigenvalue weighted by Gasteiger charge is -2.21. The number of fused-ring (bicyclic) bond motifs is 1. The molecule has 3 aromatic rings. The highest BCUT2D eigenvalue weighted by molar-refractivity contribution is 6.16. The molecular weight excluding hydrogens is 454 g/mol. The molecule has 0 radical (unpaired) electrons. The Hall–Kier alpha value is -4.40. The fraction of sp³-hybridized carbons (Fsp3) is 0.231. The molecule has 4 rings (SSSR count). The first kappa shape index (κ1) is 23.7. The van der Waals surface area contributed by atoms with Gasteiger partial charge in [0, 0.05) is 17.2 Å². The van der Waals surface area contributed by atoms with Gasteiger partial charge in [0.1, 0.15) is 19.0 Å². The van der Waals surface area contributed by atoms with E-state index < -0.39 is 5.91 Å². The Labute approximate surface area is 202 Å². The average Bonchev–Trinajstić information content (AvgIpc) is 2.91. The molecule has 1 aliphatic rings. The topological polar surface area (TPSA) is 102 Å². The smallest absolute Gasteiger partial charge is 0.255 e. The van der Waals surface area contributed by atoms with Crippen molar-refractivity contribution in [2.45, 2.75) is 0 Å². The average molecular weight is 479 g/mol. The lowest BCUT2D eigenvalue weighted by Crippen LogP contribution is -2.19. The van der Waals surface area contributed by atoms with Crippen LogP contribution in [0.4, 0.5) is 5.69 Å². The van der Waals surface area contributed by atoms with Crippen molar-refractivity contribution >= 4 is 17.4 Å². The van der Waals surface area contributed by atoms with E-state index in [4.69, 9.17) is 28.4 Å². The molecule has 0 spiro atoms. The normalized spacial score (nSPS) is 11.9. The molecule has 0 aromatic heterocycles. The fourth-order valence-corrected chi connectivity index (χ4v) is 3.68. The highest BCUT2D eigenvalue weighted by Crippen LogP contribution is 2.40. The summed E-state index contributed by atoms with van der Waals surface area (Å²) in [5, 5.41) is 2.82. The van der Waals surface area contributed by atoms with Gasteiger partial charge in [-0.15, -0.1) is 0 Å². The Morgan fingerprint density at radius 1 is 0.743 bits per heavy atom. The summed E-state index contributed by atoms with van der Waals surface area (Å²) in [6, 6.07) is 12.9. The number of anilines is 1. The number of carbonyl (C=O) groups is 2. The van der Waals surface area contributed by atoms with Gasteiger partial charge in [-0.25, -0.2) is 0 Å². The van der Waals surface area contributed by atoms with Crippen LogP contribution in [0, 0.1) is 0 Å². The van der Waals surface area contributed by atoms with Gasteiger partial charge in [0.2, 0.25) is 5.75 Å². The molecular formula is C26H25NO8.